The lowest BCUT2D eigenvalue weighted by Crippen LogP contribution is -2.27. The van der Waals surface area contributed by atoms with E-state index in [0.29, 0.717) is 16.1 Å². The van der Waals surface area contributed by atoms with Gasteiger partial charge in [0.2, 0.25) is 0 Å². The van der Waals surface area contributed by atoms with E-state index in [4.69, 9.17) is 10.5 Å². The fourth-order valence-corrected chi connectivity index (χ4v) is 2.63. The molecule has 1 aliphatic carbocycles. The number of halogens is 1. The summed E-state index contributed by atoms with van der Waals surface area (Å²) in [4.78, 5) is 0. The van der Waals surface area contributed by atoms with Crippen molar-refractivity contribution in [3.8, 4) is 11.5 Å². The van der Waals surface area contributed by atoms with Crippen LogP contribution in [0.1, 0.15) is 30.9 Å². The molecular weight excluding hydrogens is 270 g/mol. The number of hydrogen-bond donors (Lipinski definition) is 2. The van der Waals surface area contributed by atoms with Gasteiger partial charge in [0.15, 0.2) is 11.5 Å². The molecule has 0 aromatic heterocycles. The topological polar surface area (TPSA) is 55.5 Å². The molecule has 4 heteroatoms. The van der Waals surface area contributed by atoms with E-state index >= 15 is 0 Å². The van der Waals surface area contributed by atoms with E-state index in [1.165, 1.54) is 26.4 Å². The van der Waals surface area contributed by atoms with E-state index in [9.17, 15) is 5.11 Å². The third-order valence-electron chi connectivity index (χ3n) is 3.35. The Balaban J connectivity index is 2.30. The van der Waals surface area contributed by atoms with Crippen molar-refractivity contribution in [3.05, 3.63) is 22.2 Å². The van der Waals surface area contributed by atoms with Crippen molar-refractivity contribution < 1.29 is 9.84 Å². The van der Waals surface area contributed by atoms with Crippen LogP contribution < -0.4 is 10.5 Å². The van der Waals surface area contributed by atoms with Crippen LogP contribution in [-0.4, -0.2) is 12.2 Å². The number of phenolic OH excluding ortho intramolecular Hbond substituents is 1. The zero-order chi connectivity index (χ0) is 11.7. The lowest BCUT2D eigenvalue weighted by molar-refractivity contribution is 0.263. The fourth-order valence-electron chi connectivity index (χ4n) is 2.04. The van der Waals surface area contributed by atoms with Crippen molar-refractivity contribution in [1.29, 1.82) is 0 Å². The van der Waals surface area contributed by atoms with E-state index < -0.39 is 0 Å². The van der Waals surface area contributed by atoms with Gasteiger partial charge in [0.05, 0.1) is 11.6 Å². The van der Waals surface area contributed by atoms with Gasteiger partial charge < -0.3 is 15.6 Å². The molecule has 0 radical (unpaired) electrons. The Morgan fingerprint density at radius 3 is 2.69 bits per heavy atom. The lowest BCUT2D eigenvalue weighted by Gasteiger charge is -2.32. The molecule has 1 aromatic carbocycles. The normalized spacial score (nSPS) is 17.9. The molecule has 1 atom stereocenters. The second kappa shape index (κ2) is 4.63. The maximum atomic E-state index is 9.87. The van der Waals surface area contributed by atoms with Gasteiger partial charge in [0.25, 0.3) is 0 Å². The van der Waals surface area contributed by atoms with Gasteiger partial charge in [-0.2, -0.15) is 0 Å². The number of nitrogens with two attached hydrogens (primary N) is 1. The van der Waals surface area contributed by atoms with Crippen molar-refractivity contribution in [2.75, 3.05) is 7.11 Å². The highest BCUT2D eigenvalue weighted by atomic mass is 79.9. The zero-order valence-corrected chi connectivity index (χ0v) is 10.8. The maximum Gasteiger partial charge on any atom is 0.172 e. The monoisotopic (exact) mass is 285 g/mol. The molecular formula is C12H16BrNO2. The van der Waals surface area contributed by atoms with Gasteiger partial charge in [-0.1, -0.05) is 12.5 Å². The smallest absolute Gasteiger partial charge is 0.172 e. The SMILES string of the molecule is COc1ccc(C(N)C2CCC2)c(Br)c1O. The molecule has 3 nitrogen and oxygen atoms in total. The summed E-state index contributed by atoms with van der Waals surface area (Å²) in [5.74, 6) is 1.15. The average molecular weight is 286 g/mol. The van der Waals surface area contributed by atoms with Crippen LogP contribution in [0, 0.1) is 5.92 Å². The number of hydrogen-bond acceptors (Lipinski definition) is 3. The van der Waals surface area contributed by atoms with Gasteiger partial charge in [0, 0.05) is 6.04 Å². The second-order valence-electron chi connectivity index (χ2n) is 4.24. The van der Waals surface area contributed by atoms with Crippen molar-refractivity contribution in [2.24, 2.45) is 11.7 Å². The Morgan fingerprint density at radius 2 is 2.19 bits per heavy atom. The Labute approximate surface area is 104 Å². The lowest BCUT2D eigenvalue weighted by atomic mass is 9.77. The summed E-state index contributed by atoms with van der Waals surface area (Å²) in [5, 5.41) is 9.87. The van der Waals surface area contributed by atoms with Gasteiger partial charge in [-0.3, -0.25) is 0 Å². The van der Waals surface area contributed by atoms with Gasteiger partial charge >= 0.3 is 0 Å². The molecule has 1 aliphatic rings. The first kappa shape index (κ1) is 11.7. The molecule has 0 spiro atoms. The Hall–Kier alpha value is -0.740. The van der Waals surface area contributed by atoms with E-state index in [-0.39, 0.29) is 11.8 Å². The largest absolute Gasteiger partial charge is 0.503 e. The highest BCUT2D eigenvalue weighted by molar-refractivity contribution is 9.10. The van der Waals surface area contributed by atoms with Crippen LogP contribution in [0.15, 0.2) is 16.6 Å². The third kappa shape index (κ3) is 1.92. The molecule has 88 valence electrons. The summed E-state index contributed by atoms with van der Waals surface area (Å²) in [6.07, 6.45) is 3.62. The van der Waals surface area contributed by atoms with Gasteiger partial charge in [-0.25, -0.2) is 0 Å². The minimum absolute atomic E-state index is 0.0000638. The highest BCUT2D eigenvalue weighted by Crippen LogP contribution is 2.43. The van der Waals surface area contributed by atoms with Gasteiger partial charge in [0.1, 0.15) is 0 Å². The molecule has 1 aromatic rings. The Morgan fingerprint density at radius 1 is 1.50 bits per heavy atom. The predicted molar refractivity (Wildman–Crippen MR) is 66.6 cm³/mol. The third-order valence-corrected chi connectivity index (χ3v) is 4.18. The molecule has 1 saturated carbocycles. The van der Waals surface area contributed by atoms with Crippen LogP contribution in [0.4, 0.5) is 0 Å². The molecule has 3 N–H and O–H groups in total. The summed E-state index contributed by atoms with van der Waals surface area (Å²) < 4.78 is 5.70. The summed E-state index contributed by atoms with van der Waals surface area (Å²) in [7, 11) is 1.53. The Bertz CT molecular complexity index is 391. The van der Waals surface area contributed by atoms with Crippen LogP contribution in [0.5, 0.6) is 11.5 Å². The van der Waals surface area contributed by atoms with Gasteiger partial charge in [-0.15, -0.1) is 0 Å². The molecule has 2 rings (SSSR count). The minimum atomic E-state index is -0.0000638. The fraction of sp³-hybridized carbons (Fsp3) is 0.500. The number of phenols is 1. The summed E-state index contributed by atoms with van der Waals surface area (Å²) in [6, 6.07) is 3.68. The average Bonchev–Trinajstić information content (AvgIpc) is 2.19. The van der Waals surface area contributed by atoms with Crippen molar-refractivity contribution in [2.45, 2.75) is 25.3 Å². The van der Waals surface area contributed by atoms with E-state index in [0.717, 1.165) is 5.56 Å². The van der Waals surface area contributed by atoms with Crippen molar-refractivity contribution >= 4 is 15.9 Å². The Kier molecular flexibility index (Phi) is 3.40. The van der Waals surface area contributed by atoms with Crippen LogP contribution >= 0.6 is 15.9 Å². The number of ether oxygens (including phenoxy) is 1. The maximum absolute atomic E-state index is 9.87. The summed E-state index contributed by atoms with van der Waals surface area (Å²) >= 11 is 3.38. The first-order valence-electron chi connectivity index (χ1n) is 5.46. The number of aromatic hydroxyl groups is 1. The summed E-state index contributed by atoms with van der Waals surface area (Å²) in [6.45, 7) is 0. The van der Waals surface area contributed by atoms with Crippen LogP contribution in [-0.2, 0) is 0 Å². The van der Waals surface area contributed by atoms with Gasteiger partial charge in [-0.05, 0) is 46.3 Å². The highest BCUT2D eigenvalue weighted by Gasteiger charge is 2.28. The molecule has 1 unspecified atom stereocenters. The van der Waals surface area contributed by atoms with Crippen LogP contribution in [0.2, 0.25) is 0 Å². The zero-order valence-electron chi connectivity index (χ0n) is 9.24. The standard InChI is InChI=1S/C12H16BrNO2/c1-16-9-6-5-8(10(13)12(9)15)11(14)7-3-2-4-7/h5-7,11,15H,2-4,14H2,1H3. The van der Waals surface area contributed by atoms with Crippen molar-refractivity contribution in [1.82, 2.24) is 0 Å². The van der Waals surface area contributed by atoms with Crippen LogP contribution in [0.3, 0.4) is 0 Å². The van der Waals surface area contributed by atoms with E-state index in [1.54, 1.807) is 6.07 Å². The van der Waals surface area contributed by atoms with E-state index in [1.807, 2.05) is 6.07 Å². The number of rotatable bonds is 3. The molecule has 0 heterocycles. The number of benzene rings is 1. The quantitative estimate of drug-likeness (QED) is 0.898. The molecule has 0 amide bonds. The van der Waals surface area contributed by atoms with Crippen molar-refractivity contribution in [3.63, 3.8) is 0 Å². The first-order chi connectivity index (χ1) is 7.65. The van der Waals surface area contributed by atoms with Crippen LogP contribution in [0.25, 0.3) is 0 Å². The first-order valence-corrected chi connectivity index (χ1v) is 6.25. The summed E-state index contributed by atoms with van der Waals surface area (Å²) in [5.41, 5.74) is 7.14. The molecule has 0 saturated heterocycles. The molecule has 16 heavy (non-hydrogen) atoms. The molecule has 0 aliphatic heterocycles. The predicted octanol–water partition coefficient (Wildman–Crippen LogP) is 2.96. The number of methoxy groups -OCH3 is 1. The minimum Gasteiger partial charge on any atom is -0.503 e. The van der Waals surface area contributed by atoms with E-state index in [2.05, 4.69) is 15.9 Å². The molecule has 1 fully saturated rings. The molecule has 0 bridgehead atoms. The second-order valence-corrected chi connectivity index (χ2v) is 5.03.